The molecule has 1 aromatic carbocycles. The van der Waals surface area contributed by atoms with Crippen LogP contribution in [0.1, 0.15) is 37.5 Å². The van der Waals surface area contributed by atoms with Gasteiger partial charge in [0.1, 0.15) is 30.6 Å². The van der Waals surface area contributed by atoms with Crippen LogP contribution in [0.15, 0.2) is 30.4 Å². The summed E-state index contributed by atoms with van der Waals surface area (Å²) >= 11 is 0. The average Bonchev–Trinajstić information content (AvgIpc) is 3.18. The Morgan fingerprint density at radius 1 is 1.17 bits per heavy atom. The molecule has 10 nitrogen and oxygen atoms in total. The standard InChI is InChI=1S/C25H29NO9/c1-4-32-24(29)21-16-11-15-14(7-5-8-18(15)31-3)22-17(16)12-19(21)34-20(27)9-6-10-33-25(30)26-13(2)23(28)35-22/h5-9,13,16-17,19,21-22H,4,10-12H2,1-3H3,(H,26,30)/b9-6-/t13-,16+,17-,19-,21-,22-/m0/s1. The van der Waals surface area contributed by atoms with Crippen LogP contribution >= 0.6 is 0 Å². The van der Waals surface area contributed by atoms with Gasteiger partial charge in [-0.05, 0) is 50.3 Å². The molecule has 1 heterocycles. The minimum absolute atomic E-state index is 0.181. The van der Waals surface area contributed by atoms with Crippen LogP contribution in [0.3, 0.4) is 0 Å². The van der Waals surface area contributed by atoms with Crippen LogP contribution in [0.4, 0.5) is 4.79 Å². The monoisotopic (exact) mass is 487 g/mol. The minimum Gasteiger partial charge on any atom is -0.496 e. The summed E-state index contributed by atoms with van der Waals surface area (Å²) in [7, 11) is 1.55. The van der Waals surface area contributed by atoms with Crippen molar-refractivity contribution in [2.75, 3.05) is 20.3 Å². The number of methoxy groups -OCH3 is 1. The first-order valence-electron chi connectivity index (χ1n) is 11.7. The highest BCUT2D eigenvalue weighted by Gasteiger charge is 2.56. The molecule has 1 amide bonds. The van der Waals surface area contributed by atoms with Crippen molar-refractivity contribution in [1.82, 2.24) is 5.32 Å². The van der Waals surface area contributed by atoms with Crippen LogP contribution in [0.2, 0.25) is 0 Å². The van der Waals surface area contributed by atoms with Crippen LogP contribution in [-0.2, 0) is 39.8 Å². The molecule has 1 aromatic rings. The lowest BCUT2D eigenvalue weighted by molar-refractivity contribution is -0.159. The van der Waals surface area contributed by atoms with E-state index in [1.54, 1.807) is 26.2 Å². The highest BCUT2D eigenvalue weighted by molar-refractivity contribution is 5.83. The highest BCUT2D eigenvalue weighted by Crippen LogP contribution is 2.54. The molecule has 35 heavy (non-hydrogen) atoms. The van der Waals surface area contributed by atoms with E-state index in [9.17, 15) is 19.2 Å². The number of carbonyl (C=O) groups excluding carboxylic acids is 4. The fourth-order valence-corrected chi connectivity index (χ4v) is 5.28. The summed E-state index contributed by atoms with van der Waals surface area (Å²) in [6, 6.07) is 4.48. The zero-order valence-electron chi connectivity index (χ0n) is 19.9. The number of rotatable bonds is 3. The number of carbonyl (C=O) groups is 4. The van der Waals surface area contributed by atoms with Gasteiger partial charge in [0, 0.05) is 17.6 Å². The zero-order chi connectivity index (χ0) is 25.1. The van der Waals surface area contributed by atoms with Crippen molar-refractivity contribution in [3.05, 3.63) is 41.5 Å². The smallest absolute Gasteiger partial charge is 0.408 e. The Hall–Kier alpha value is -3.56. The Kier molecular flexibility index (Phi) is 7.28. The topological polar surface area (TPSA) is 126 Å². The molecule has 2 bridgehead atoms. The summed E-state index contributed by atoms with van der Waals surface area (Å²) < 4.78 is 27.5. The Balaban J connectivity index is 1.79. The molecule has 10 heteroatoms. The number of hydrogen-bond acceptors (Lipinski definition) is 9. The van der Waals surface area contributed by atoms with E-state index in [0.29, 0.717) is 18.6 Å². The van der Waals surface area contributed by atoms with Gasteiger partial charge >= 0.3 is 24.0 Å². The number of ether oxygens (including phenoxy) is 5. The molecule has 6 atom stereocenters. The van der Waals surface area contributed by atoms with E-state index < -0.39 is 48.2 Å². The number of hydrogen-bond donors (Lipinski definition) is 1. The maximum Gasteiger partial charge on any atom is 0.408 e. The van der Waals surface area contributed by atoms with E-state index >= 15 is 0 Å². The summed E-state index contributed by atoms with van der Waals surface area (Å²) in [5, 5.41) is 2.43. The molecule has 0 radical (unpaired) electrons. The SMILES string of the molecule is CCOC(=O)[C@H]1[C@@H]2Cc3c(OC)cccc3[C@@H]3OC(=O)[C@H](C)NC(=O)OC/C=C\C(=O)O[C@H]1C[C@@H]23. The lowest BCUT2D eigenvalue weighted by atomic mass is 9.72. The number of cyclic esters (lactones) is 1. The minimum atomic E-state index is -0.984. The first kappa shape index (κ1) is 24.6. The third kappa shape index (κ3) is 4.96. The second-order valence-electron chi connectivity index (χ2n) is 8.77. The number of benzene rings is 1. The summed E-state index contributed by atoms with van der Waals surface area (Å²) in [5.41, 5.74) is 1.57. The van der Waals surface area contributed by atoms with E-state index in [-0.39, 0.29) is 25.0 Å². The van der Waals surface area contributed by atoms with Gasteiger partial charge in [-0.1, -0.05) is 12.1 Å². The number of nitrogens with one attached hydrogen (secondary N) is 1. The molecule has 1 N–H and O–H groups in total. The van der Waals surface area contributed by atoms with Gasteiger partial charge in [-0.15, -0.1) is 0 Å². The van der Waals surface area contributed by atoms with Crippen LogP contribution in [-0.4, -0.2) is 56.5 Å². The van der Waals surface area contributed by atoms with Crippen LogP contribution in [0.5, 0.6) is 5.75 Å². The summed E-state index contributed by atoms with van der Waals surface area (Å²) in [4.78, 5) is 50.6. The van der Waals surface area contributed by atoms with Gasteiger partial charge < -0.3 is 29.0 Å². The predicted octanol–water partition coefficient (Wildman–Crippen LogP) is 2.25. The molecule has 1 saturated carbocycles. The van der Waals surface area contributed by atoms with Crippen molar-refractivity contribution in [2.24, 2.45) is 17.8 Å². The maximum absolute atomic E-state index is 13.1. The van der Waals surface area contributed by atoms with Crippen molar-refractivity contribution < 1.29 is 42.9 Å². The van der Waals surface area contributed by atoms with E-state index in [0.717, 1.165) is 17.2 Å². The van der Waals surface area contributed by atoms with Gasteiger partial charge in [0.15, 0.2) is 0 Å². The largest absolute Gasteiger partial charge is 0.496 e. The Morgan fingerprint density at radius 2 is 1.97 bits per heavy atom. The quantitative estimate of drug-likeness (QED) is 0.504. The number of fused-ring (bicyclic) bond motifs is 3. The van der Waals surface area contributed by atoms with Crippen LogP contribution < -0.4 is 10.1 Å². The predicted molar refractivity (Wildman–Crippen MR) is 120 cm³/mol. The van der Waals surface area contributed by atoms with Gasteiger partial charge in [0.05, 0.1) is 19.6 Å². The first-order chi connectivity index (χ1) is 16.8. The fourth-order valence-electron chi connectivity index (χ4n) is 5.28. The molecular formula is C25H29NO9. The van der Waals surface area contributed by atoms with Crippen molar-refractivity contribution in [3.8, 4) is 5.75 Å². The molecule has 0 aromatic heterocycles. The molecule has 0 unspecified atom stereocenters. The lowest BCUT2D eigenvalue weighted by Gasteiger charge is -2.37. The van der Waals surface area contributed by atoms with Crippen molar-refractivity contribution in [2.45, 2.75) is 44.9 Å². The van der Waals surface area contributed by atoms with E-state index in [2.05, 4.69) is 5.32 Å². The normalized spacial score (nSPS) is 31.3. The van der Waals surface area contributed by atoms with E-state index in [1.165, 1.54) is 13.0 Å². The second kappa shape index (κ2) is 10.4. The Morgan fingerprint density at radius 3 is 2.71 bits per heavy atom. The van der Waals surface area contributed by atoms with E-state index in [4.69, 9.17) is 23.7 Å². The third-order valence-electron chi connectivity index (χ3n) is 6.76. The molecule has 0 saturated heterocycles. The van der Waals surface area contributed by atoms with Crippen molar-refractivity contribution in [1.29, 1.82) is 0 Å². The lowest BCUT2D eigenvalue weighted by Crippen LogP contribution is -2.42. The third-order valence-corrected chi connectivity index (χ3v) is 6.76. The summed E-state index contributed by atoms with van der Waals surface area (Å²) in [6.45, 7) is 3.19. The first-order valence-corrected chi connectivity index (χ1v) is 11.7. The molecular weight excluding hydrogens is 458 g/mol. The van der Waals surface area contributed by atoms with E-state index in [1.807, 2.05) is 6.07 Å². The Bertz CT molecular complexity index is 1040. The van der Waals surface area contributed by atoms with Gasteiger partial charge in [0.2, 0.25) is 0 Å². The summed E-state index contributed by atoms with van der Waals surface area (Å²) in [6.07, 6.45) is 0.909. The van der Waals surface area contributed by atoms with Gasteiger partial charge in [0.25, 0.3) is 0 Å². The number of amides is 1. The number of esters is 3. The molecule has 3 aliphatic rings. The summed E-state index contributed by atoms with van der Waals surface area (Å²) in [5.74, 6) is -2.55. The zero-order valence-corrected chi connectivity index (χ0v) is 19.9. The molecule has 2 aliphatic carbocycles. The Labute approximate surface area is 202 Å². The maximum atomic E-state index is 13.1. The molecule has 1 aliphatic heterocycles. The molecule has 188 valence electrons. The van der Waals surface area contributed by atoms with Crippen LogP contribution in [0, 0.1) is 17.8 Å². The van der Waals surface area contributed by atoms with Crippen molar-refractivity contribution in [3.63, 3.8) is 0 Å². The molecule has 1 fully saturated rings. The fraction of sp³-hybridized carbons (Fsp3) is 0.520. The van der Waals surface area contributed by atoms with Gasteiger partial charge in [-0.2, -0.15) is 0 Å². The average molecular weight is 488 g/mol. The molecule has 4 rings (SSSR count). The van der Waals surface area contributed by atoms with Gasteiger partial charge in [-0.25, -0.2) is 14.4 Å². The van der Waals surface area contributed by atoms with Crippen molar-refractivity contribution >= 4 is 24.0 Å². The van der Waals surface area contributed by atoms with Crippen LogP contribution in [0.25, 0.3) is 0 Å². The number of alkyl carbamates (subject to hydrolysis) is 1. The van der Waals surface area contributed by atoms with Gasteiger partial charge in [-0.3, -0.25) is 4.79 Å². The molecule has 0 spiro atoms. The second-order valence-corrected chi connectivity index (χ2v) is 8.77. The highest BCUT2D eigenvalue weighted by atomic mass is 16.6.